The zero-order valence-corrected chi connectivity index (χ0v) is 17.3. The van der Waals surface area contributed by atoms with Crippen molar-refractivity contribution in [2.24, 2.45) is 0 Å². The van der Waals surface area contributed by atoms with Crippen LogP contribution in [0.3, 0.4) is 0 Å². The third-order valence-electron chi connectivity index (χ3n) is 5.14. The minimum absolute atomic E-state index is 0.122. The third-order valence-corrected chi connectivity index (χ3v) is 6.02. The van der Waals surface area contributed by atoms with E-state index in [0.29, 0.717) is 35.3 Å². The van der Waals surface area contributed by atoms with E-state index in [1.54, 1.807) is 25.4 Å². The molecule has 4 aromatic heterocycles. The molecule has 0 spiro atoms. The van der Waals surface area contributed by atoms with Gasteiger partial charge in [-0.05, 0) is 25.0 Å². The second kappa shape index (κ2) is 8.00. The van der Waals surface area contributed by atoms with Crippen molar-refractivity contribution in [3.05, 3.63) is 47.7 Å². The summed E-state index contributed by atoms with van der Waals surface area (Å²) in [6, 6.07) is 7.73. The smallest absolute Gasteiger partial charge is 0.281 e. The molecular formula is C21H20N5O3S-. The summed E-state index contributed by atoms with van der Waals surface area (Å²) in [5, 5.41) is 5.12. The van der Waals surface area contributed by atoms with Crippen LogP contribution in [0.25, 0.3) is 26.8 Å². The first kappa shape index (κ1) is 19.0. The normalized spacial score (nSPS) is 16.6. The number of thiazole rings is 1. The number of furan rings is 1. The number of amides is 1. The van der Waals surface area contributed by atoms with Crippen LogP contribution in [0.5, 0.6) is 10.9 Å². The molecule has 8 nitrogen and oxygen atoms in total. The van der Waals surface area contributed by atoms with Gasteiger partial charge >= 0.3 is 0 Å². The van der Waals surface area contributed by atoms with Gasteiger partial charge in [0, 0.05) is 37.8 Å². The molecule has 1 amide bonds. The maximum absolute atomic E-state index is 11.7. The Balaban J connectivity index is 1.24. The van der Waals surface area contributed by atoms with Crippen LogP contribution in [0.1, 0.15) is 25.5 Å². The van der Waals surface area contributed by atoms with Crippen molar-refractivity contribution in [1.82, 2.24) is 19.9 Å². The van der Waals surface area contributed by atoms with E-state index in [1.807, 2.05) is 23.1 Å². The maximum atomic E-state index is 11.7. The average molecular weight is 422 g/mol. The van der Waals surface area contributed by atoms with Crippen molar-refractivity contribution in [3.63, 3.8) is 0 Å². The summed E-state index contributed by atoms with van der Waals surface area (Å²) in [6.07, 6.45) is 5.41. The van der Waals surface area contributed by atoms with E-state index in [0.717, 1.165) is 35.4 Å². The molecule has 9 heteroatoms. The Bertz CT molecular complexity index is 1170. The highest BCUT2D eigenvalue weighted by Gasteiger charge is 2.23. The molecule has 1 aliphatic rings. The molecule has 1 aliphatic heterocycles. The Labute approximate surface area is 176 Å². The molecule has 5 heterocycles. The Hall–Kier alpha value is -3.04. The lowest BCUT2D eigenvalue weighted by Gasteiger charge is -2.29. The highest BCUT2D eigenvalue weighted by molar-refractivity contribution is 7.20. The second-order valence-electron chi connectivity index (χ2n) is 7.25. The van der Waals surface area contributed by atoms with Gasteiger partial charge in [-0.2, -0.15) is 4.98 Å². The highest BCUT2D eigenvalue weighted by Crippen LogP contribution is 2.31. The van der Waals surface area contributed by atoms with Crippen LogP contribution in [-0.4, -0.2) is 44.9 Å². The molecule has 1 saturated heterocycles. The molecule has 0 aromatic carbocycles. The predicted octanol–water partition coefficient (Wildman–Crippen LogP) is 4.51. The molecule has 30 heavy (non-hydrogen) atoms. The molecule has 0 saturated carbocycles. The molecule has 0 N–H and O–H groups in total. The van der Waals surface area contributed by atoms with Gasteiger partial charge in [-0.3, -0.25) is 4.79 Å². The summed E-state index contributed by atoms with van der Waals surface area (Å²) in [5.41, 5.74) is 2.06. The van der Waals surface area contributed by atoms with E-state index in [1.165, 1.54) is 11.3 Å². The van der Waals surface area contributed by atoms with Gasteiger partial charge in [0.1, 0.15) is 5.52 Å². The Morgan fingerprint density at radius 2 is 2.33 bits per heavy atom. The number of pyridine rings is 2. The van der Waals surface area contributed by atoms with Crippen LogP contribution in [0, 0.1) is 0 Å². The summed E-state index contributed by atoms with van der Waals surface area (Å²) in [4.78, 5) is 26.6. The first-order valence-electron chi connectivity index (χ1n) is 9.84. The van der Waals surface area contributed by atoms with Crippen molar-refractivity contribution < 1.29 is 13.9 Å². The zero-order chi connectivity index (χ0) is 20.5. The van der Waals surface area contributed by atoms with Crippen LogP contribution in [0.2, 0.25) is 0 Å². The second-order valence-corrected chi connectivity index (χ2v) is 8.24. The molecule has 0 radical (unpaired) electrons. The van der Waals surface area contributed by atoms with Crippen LogP contribution in [0.15, 0.2) is 41.1 Å². The third kappa shape index (κ3) is 3.86. The number of hydrogen-bond donors (Lipinski definition) is 0. The fraction of sp³-hybridized carbons (Fsp3) is 0.333. The van der Waals surface area contributed by atoms with E-state index >= 15 is 0 Å². The van der Waals surface area contributed by atoms with E-state index in [2.05, 4.69) is 20.3 Å². The van der Waals surface area contributed by atoms with E-state index < -0.39 is 0 Å². The number of carbonyl (C=O) groups is 1. The number of fused-ring (bicyclic) bond motifs is 2. The largest absolute Gasteiger partial charge is 0.654 e. The summed E-state index contributed by atoms with van der Waals surface area (Å²) in [6.45, 7) is 3.54. The van der Waals surface area contributed by atoms with Crippen LogP contribution < -0.4 is 4.74 Å². The number of carbonyl (C=O) groups excluding carboxylic acids is 1. The van der Waals surface area contributed by atoms with Crippen LogP contribution >= 0.6 is 11.3 Å². The van der Waals surface area contributed by atoms with E-state index in [4.69, 9.17) is 9.15 Å². The van der Waals surface area contributed by atoms with Gasteiger partial charge in [0.05, 0.1) is 16.7 Å². The standard InChI is InChI=1S/C21H20N5O3S/c1-13(27)26-7-3-4-14(26)10-22-11-15-8-17-18(28-15)9-16(12-24-17)29-21-25-20-19(30-21)5-2-6-23-20/h2,5-6,8-9,12,14H,3-4,7,10-11H2,1H3/q-1. The summed E-state index contributed by atoms with van der Waals surface area (Å²) < 4.78 is 12.7. The van der Waals surface area contributed by atoms with Crippen molar-refractivity contribution >= 4 is 38.7 Å². The summed E-state index contributed by atoms with van der Waals surface area (Å²) in [5.74, 6) is 1.42. The predicted molar refractivity (Wildman–Crippen MR) is 114 cm³/mol. The fourth-order valence-electron chi connectivity index (χ4n) is 3.74. The van der Waals surface area contributed by atoms with Crippen molar-refractivity contribution in [2.75, 3.05) is 13.1 Å². The number of likely N-dealkylation sites (tertiary alicyclic amines) is 1. The lowest BCUT2D eigenvalue weighted by Crippen LogP contribution is -2.35. The molecule has 154 valence electrons. The number of ether oxygens (including phenoxy) is 1. The molecular weight excluding hydrogens is 402 g/mol. The van der Waals surface area contributed by atoms with Crippen LogP contribution in [-0.2, 0) is 11.3 Å². The zero-order valence-electron chi connectivity index (χ0n) is 16.4. The Morgan fingerprint density at radius 3 is 3.20 bits per heavy atom. The van der Waals surface area contributed by atoms with Crippen molar-refractivity contribution in [1.29, 1.82) is 0 Å². The Morgan fingerprint density at radius 1 is 1.40 bits per heavy atom. The number of rotatable bonds is 6. The topological polar surface area (TPSA) is 95.5 Å². The van der Waals surface area contributed by atoms with E-state index in [9.17, 15) is 4.79 Å². The molecule has 1 unspecified atom stereocenters. The van der Waals surface area contributed by atoms with E-state index in [-0.39, 0.29) is 11.9 Å². The molecule has 1 atom stereocenters. The van der Waals surface area contributed by atoms with Gasteiger partial charge in [0.2, 0.25) is 5.91 Å². The van der Waals surface area contributed by atoms with Gasteiger partial charge in [-0.1, -0.05) is 17.9 Å². The minimum atomic E-state index is 0.122. The van der Waals surface area contributed by atoms with Crippen LogP contribution in [0.4, 0.5) is 0 Å². The van der Waals surface area contributed by atoms with Gasteiger partial charge in [0.15, 0.2) is 17.0 Å². The lowest BCUT2D eigenvalue weighted by molar-refractivity contribution is -0.129. The molecule has 0 aliphatic carbocycles. The number of nitrogens with zero attached hydrogens (tertiary/aromatic N) is 5. The van der Waals surface area contributed by atoms with Crippen molar-refractivity contribution in [2.45, 2.75) is 32.4 Å². The summed E-state index contributed by atoms with van der Waals surface area (Å²) >= 11 is 1.43. The van der Waals surface area contributed by atoms with Gasteiger partial charge in [-0.15, -0.1) is 6.54 Å². The lowest BCUT2D eigenvalue weighted by atomic mass is 10.2. The molecule has 4 aromatic rings. The molecule has 0 bridgehead atoms. The molecule has 5 rings (SSSR count). The van der Waals surface area contributed by atoms with Gasteiger partial charge in [0.25, 0.3) is 5.19 Å². The van der Waals surface area contributed by atoms with Gasteiger partial charge in [-0.25, -0.2) is 9.97 Å². The first-order chi connectivity index (χ1) is 14.7. The Kier molecular flexibility index (Phi) is 5.06. The highest BCUT2D eigenvalue weighted by atomic mass is 32.1. The first-order valence-corrected chi connectivity index (χ1v) is 10.7. The number of aromatic nitrogens is 3. The monoisotopic (exact) mass is 422 g/mol. The average Bonchev–Trinajstić information content (AvgIpc) is 3.44. The number of hydrogen-bond acceptors (Lipinski definition) is 7. The van der Waals surface area contributed by atoms with Crippen molar-refractivity contribution in [3.8, 4) is 10.9 Å². The molecule has 1 fully saturated rings. The quantitative estimate of drug-likeness (QED) is 0.454. The minimum Gasteiger partial charge on any atom is -0.654 e. The fourth-order valence-corrected chi connectivity index (χ4v) is 4.54. The van der Waals surface area contributed by atoms with Gasteiger partial charge < -0.3 is 19.4 Å². The summed E-state index contributed by atoms with van der Waals surface area (Å²) in [7, 11) is 0. The maximum Gasteiger partial charge on any atom is 0.281 e. The SMILES string of the molecule is CC(=O)N1CCCC1C[N-]Cc1cc2ncc(Oc3nc4ncccc4s3)cc2o1.